The third kappa shape index (κ3) is 4.93. The smallest absolute Gasteiger partial charge is 0.138 e. The van der Waals surface area contributed by atoms with Crippen LogP contribution in [0.4, 0.5) is 8.78 Å². The molecule has 3 aromatic carbocycles. The Kier molecular flexibility index (Phi) is 7.05. The average molecular weight is 436 g/mol. The lowest BCUT2D eigenvalue weighted by Gasteiger charge is -2.43. The molecule has 1 saturated heterocycles. The van der Waals surface area contributed by atoms with E-state index in [2.05, 4.69) is 9.80 Å². The van der Waals surface area contributed by atoms with Crippen molar-refractivity contribution in [3.63, 3.8) is 0 Å². The fourth-order valence-corrected chi connectivity index (χ4v) is 4.58. The number of carbonyl (C=O) groups is 1. The summed E-state index contributed by atoms with van der Waals surface area (Å²) in [6.07, 6.45) is 0.809. The van der Waals surface area contributed by atoms with Crippen LogP contribution in [-0.4, -0.2) is 48.3 Å². The SMILES string of the molecule is NC(C=O)C(c1ccccc1)N1CCN(C(c2ccc(F)cc2)c2ccc(F)cc2)CC1. The summed E-state index contributed by atoms with van der Waals surface area (Å²) in [7, 11) is 0. The van der Waals surface area contributed by atoms with Gasteiger partial charge in [0.1, 0.15) is 17.9 Å². The van der Waals surface area contributed by atoms with Gasteiger partial charge in [-0.1, -0.05) is 54.6 Å². The van der Waals surface area contributed by atoms with Gasteiger partial charge in [0.2, 0.25) is 0 Å². The largest absolute Gasteiger partial charge is 0.320 e. The van der Waals surface area contributed by atoms with Crippen LogP contribution in [0, 0.1) is 11.6 Å². The van der Waals surface area contributed by atoms with Crippen LogP contribution >= 0.6 is 0 Å². The number of nitrogens with zero attached hydrogens (tertiary/aromatic N) is 2. The predicted octanol–water partition coefficient (Wildman–Crippen LogP) is 3.94. The highest BCUT2D eigenvalue weighted by atomic mass is 19.1. The van der Waals surface area contributed by atoms with E-state index in [4.69, 9.17) is 5.73 Å². The molecule has 32 heavy (non-hydrogen) atoms. The second kappa shape index (κ2) is 10.1. The summed E-state index contributed by atoms with van der Waals surface area (Å²) in [5.74, 6) is -0.574. The Balaban J connectivity index is 1.57. The molecule has 0 saturated carbocycles. The maximum absolute atomic E-state index is 13.5. The van der Waals surface area contributed by atoms with E-state index in [1.54, 1.807) is 24.3 Å². The summed E-state index contributed by atoms with van der Waals surface area (Å²) in [5.41, 5.74) is 9.12. The van der Waals surface area contributed by atoms with E-state index in [-0.39, 0.29) is 23.7 Å². The third-order valence-electron chi connectivity index (χ3n) is 6.14. The zero-order chi connectivity index (χ0) is 22.5. The molecule has 2 unspecified atom stereocenters. The lowest BCUT2D eigenvalue weighted by atomic mass is 9.95. The van der Waals surface area contributed by atoms with Crippen molar-refractivity contribution in [1.82, 2.24) is 9.80 Å². The number of carbonyl (C=O) groups excluding carboxylic acids is 1. The van der Waals surface area contributed by atoms with Gasteiger partial charge in [-0.3, -0.25) is 9.80 Å². The van der Waals surface area contributed by atoms with Gasteiger partial charge >= 0.3 is 0 Å². The first-order chi connectivity index (χ1) is 15.6. The topological polar surface area (TPSA) is 49.6 Å². The Morgan fingerprint density at radius 2 is 1.16 bits per heavy atom. The maximum atomic E-state index is 13.5. The molecular formula is C26H27F2N3O. The predicted molar refractivity (Wildman–Crippen MR) is 121 cm³/mol. The third-order valence-corrected chi connectivity index (χ3v) is 6.14. The van der Waals surface area contributed by atoms with Crippen molar-refractivity contribution >= 4 is 6.29 Å². The Labute approximate surface area is 187 Å². The fourth-order valence-electron chi connectivity index (χ4n) is 4.58. The maximum Gasteiger partial charge on any atom is 0.138 e. The van der Waals surface area contributed by atoms with Crippen molar-refractivity contribution in [2.45, 2.75) is 18.1 Å². The van der Waals surface area contributed by atoms with Crippen LogP contribution in [0.3, 0.4) is 0 Å². The second-order valence-corrected chi connectivity index (χ2v) is 8.15. The van der Waals surface area contributed by atoms with Crippen LogP contribution in [0.15, 0.2) is 78.9 Å². The first kappa shape index (κ1) is 22.3. The molecule has 4 nitrogen and oxygen atoms in total. The standard InChI is InChI=1S/C26H27F2N3O/c27-22-10-6-20(7-11-22)25(21-8-12-23(28)13-9-21)30-14-16-31(17-15-30)26(24(29)18-32)19-4-2-1-3-5-19/h1-13,18,24-26H,14-17,29H2. The average Bonchev–Trinajstić information content (AvgIpc) is 2.83. The lowest BCUT2D eigenvalue weighted by molar-refractivity contribution is -0.110. The van der Waals surface area contributed by atoms with Gasteiger partial charge in [-0.05, 0) is 41.0 Å². The summed E-state index contributed by atoms with van der Waals surface area (Å²) in [6, 6.07) is 21.9. The van der Waals surface area contributed by atoms with Gasteiger partial charge in [0.05, 0.1) is 18.1 Å². The molecule has 3 aromatic rings. The zero-order valence-electron chi connectivity index (χ0n) is 17.8. The number of hydrogen-bond acceptors (Lipinski definition) is 4. The van der Waals surface area contributed by atoms with Gasteiger partial charge in [0, 0.05) is 26.2 Å². The highest BCUT2D eigenvalue weighted by Crippen LogP contribution is 2.32. The molecule has 0 radical (unpaired) electrons. The number of nitrogens with two attached hydrogens (primary N) is 1. The molecule has 0 bridgehead atoms. The van der Waals surface area contributed by atoms with Crippen molar-refractivity contribution in [2.24, 2.45) is 5.73 Å². The molecule has 2 atom stereocenters. The first-order valence-corrected chi connectivity index (χ1v) is 10.8. The van der Waals surface area contributed by atoms with Gasteiger partial charge in [0.25, 0.3) is 0 Å². The minimum atomic E-state index is -0.617. The molecular weight excluding hydrogens is 408 g/mol. The molecule has 2 N–H and O–H groups in total. The summed E-state index contributed by atoms with van der Waals surface area (Å²) >= 11 is 0. The van der Waals surface area contributed by atoms with Crippen molar-refractivity contribution in [3.05, 3.63) is 107 Å². The minimum Gasteiger partial charge on any atom is -0.320 e. The lowest BCUT2D eigenvalue weighted by Crippen LogP contribution is -2.52. The second-order valence-electron chi connectivity index (χ2n) is 8.15. The summed E-state index contributed by atoms with van der Waals surface area (Å²) in [5, 5.41) is 0. The summed E-state index contributed by atoms with van der Waals surface area (Å²) < 4.78 is 27.1. The molecule has 4 rings (SSSR count). The van der Waals surface area contributed by atoms with Crippen LogP contribution in [0.1, 0.15) is 28.8 Å². The molecule has 1 aliphatic heterocycles. The molecule has 6 heteroatoms. The minimum absolute atomic E-state index is 0.117. The van der Waals surface area contributed by atoms with Crippen molar-refractivity contribution < 1.29 is 13.6 Å². The molecule has 0 spiro atoms. The van der Waals surface area contributed by atoms with Gasteiger partial charge in [-0.25, -0.2) is 8.78 Å². The van der Waals surface area contributed by atoms with Crippen LogP contribution < -0.4 is 5.73 Å². The van der Waals surface area contributed by atoms with E-state index in [0.29, 0.717) is 0 Å². The number of hydrogen-bond donors (Lipinski definition) is 1. The molecule has 0 aromatic heterocycles. The van der Waals surface area contributed by atoms with Gasteiger partial charge < -0.3 is 10.5 Å². The van der Waals surface area contributed by atoms with Crippen LogP contribution in [-0.2, 0) is 4.79 Å². The molecule has 1 fully saturated rings. The molecule has 1 heterocycles. The molecule has 0 amide bonds. The monoisotopic (exact) mass is 435 g/mol. The highest BCUT2D eigenvalue weighted by Gasteiger charge is 2.32. The van der Waals surface area contributed by atoms with Crippen molar-refractivity contribution in [3.8, 4) is 0 Å². The Bertz CT molecular complexity index is 958. The zero-order valence-corrected chi connectivity index (χ0v) is 17.8. The Morgan fingerprint density at radius 1 is 0.688 bits per heavy atom. The summed E-state index contributed by atoms with van der Waals surface area (Å²) in [4.78, 5) is 16.1. The van der Waals surface area contributed by atoms with Crippen molar-refractivity contribution in [2.75, 3.05) is 26.2 Å². The molecule has 1 aliphatic rings. The van der Waals surface area contributed by atoms with Gasteiger partial charge in [-0.2, -0.15) is 0 Å². The fraction of sp³-hybridized carbons (Fsp3) is 0.269. The molecule has 0 aliphatic carbocycles. The molecule has 166 valence electrons. The van der Waals surface area contributed by atoms with E-state index in [9.17, 15) is 13.6 Å². The van der Waals surface area contributed by atoms with Crippen LogP contribution in [0.2, 0.25) is 0 Å². The highest BCUT2D eigenvalue weighted by molar-refractivity contribution is 5.59. The van der Waals surface area contributed by atoms with Crippen LogP contribution in [0.5, 0.6) is 0 Å². The quantitative estimate of drug-likeness (QED) is 0.571. The van der Waals surface area contributed by atoms with Gasteiger partial charge in [0.15, 0.2) is 0 Å². The Morgan fingerprint density at radius 3 is 1.62 bits per heavy atom. The number of rotatable bonds is 7. The van der Waals surface area contributed by atoms with Crippen molar-refractivity contribution in [1.29, 1.82) is 0 Å². The van der Waals surface area contributed by atoms with E-state index in [1.807, 2.05) is 30.3 Å². The van der Waals surface area contributed by atoms with Gasteiger partial charge in [-0.15, -0.1) is 0 Å². The number of halogens is 2. The van der Waals surface area contributed by atoms with E-state index in [1.165, 1.54) is 24.3 Å². The normalized spacial score (nSPS) is 17.2. The number of aldehydes is 1. The Hall–Kier alpha value is -2.93. The van der Waals surface area contributed by atoms with E-state index < -0.39 is 6.04 Å². The number of piperazine rings is 1. The number of benzene rings is 3. The van der Waals surface area contributed by atoms with Crippen LogP contribution in [0.25, 0.3) is 0 Å². The van der Waals surface area contributed by atoms with E-state index in [0.717, 1.165) is 49.2 Å². The summed E-state index contributed by atoms with van der Waals surface area (Å²) in [6.45, 7) is 2.91. The van der Waals surface area contributed by atoms with E-state index >= 15 is 0 Å². The first-order valence-electron chi connectivity index (χ1n) is 10.8.